The summed E-state index contributed by atoms with van der Waals surface area (Å²) in [7, 11) is 1.40. The lowest BCUT2D eigenvalue weighted by atomic mass is 10.1. The average Bonchev–Trinajstić information content (AvgIpc) is 2.76. The van der Waals surface area contributed by atoms with Gasteiger partial charge in [-0.05, 0) is 29.8 Å². The number of ether oxygens (including phenoxy) is 1. The Bertz CT molecular complexity index is 700. The summed E-state index contributed by atoms with van der Waals surface area (Å²) in [5.41, 5.74) is 1.94. The molecule has 0 aliphatic carbocycles. The van der Waals surface area contributed by atoms with E-state index in [1.165, 1.54) is 31.4 Å². The van der Waals surface area contributed by atoms with E-state index in [2.05, 4.69) is 0 Å². The van der Waals surface area contributed by atoms with Crippen molar-refractivity contribution in [2.24, 2.45) is 0 Å². The first-order valence-corrected chi connectivity index (χ1v) is 6.08. The molecule has 1 aliphatic rings. The van der Waals surface area contributed by atoms with Gasteiger partial charge in [0.15, 0.2) is 11.6 Å². The van der Waals surface area contributed by atoms with E-state index in [0.717, 1.165) is 5.56 Å². The van der Waals surface area contributed by atoms with Crippen molar-refractivity contribution in [1.82, 2.24) is 0 Å². The number of nitrogens with zero attached hydrogens (tertiary/aromatic N) is 1. The fourth-order valence-corrected chi connectivity index (χ4v) is 2.35. The Balaban J connectivity index is 1.98. The second kappa shape index (κ2) is 4.59. The van der Waals surface area contributed by atoms with Gasteiger partial charge >= 0.3 is 0 Å². The molecule has 20 heavy (non-hydrogen) atoms. The summed E-state index contributed by atoms with van der Waals surface area (Å²) in [5.74, 6) is -0.539. The average molecular weight is 274 g/mol. The molecule has 0 bridgehead atoms. The first-order valence-electron chi connectivity index (χ1n) is 6.08. The first-order chi connectivity index (χ1) is 9.60. The normalized spacial score (nSPS) is 13.6. The molecule has 2 aromatic carbocycles. The van der Waals surface area contributed by atoms with Crippen molar-refractivity contribution in [3.63, 3.8) is 0 Å². The number of hydrogen-bond donors (Lipinski definition) is 1. The van der Waals surface area contributed by atoms with Crippen molar-refractivity contribution < 1.29 is 13.5 Å². The molecule has 0 fully saturated rings. The van der Waals surface area contributed by atoms with Crippen molar-refractivity contribution in [2.75, 3.05) is 12.0 Å². The van der Waals surface area contributed by atoms with Gasteiger partial charge in [-0.1, -0.05) is 6.07 Å². The van der Waals surface area contributed by atoms with Gasteiger partial charge in [-0.3, -0.25) is 5.41 Å². The highest BCUT2D eigenvalue weighted by Gasteiger charge is 2.26. The standard InChI is InChI=1S/C15H12F2N2O/c1-20-14-5-4-11(7-13(14)17)19-8-9-2-3-10(16)6-12(9)15(19)18/h2-7,18H,8H2,1H3. The molecule has 5 heteroatoms. The van der Waals surface area contributed by atoms with Crippen LogP contribution in [0, 0.1) is 17.0 Å². The molecule has 1 heterocycles. The lowest BCUT2D eigenvalue weighted by Crippen LogP contribution is -2.23. The minimum absolute atomic E-state index is 0.156. The summed E-state index contributed by atoms with van der Waals surface area (Å²) in [6, 6.07) is 8.86. The highest BCUT2D eigenvalue weighted by Crippen LogP contribution is 2.31. The van der Waals surface area contributed by atoms with Gasteiger partial charge in [-0.2, -0.15) is 0 Å². The van der Waals surface area contributed by atoms with E-state index in [1.54, 1.807) is 17.0 Å². The maximum absolute atomic E-state index is 13.7. The Morgan fingerprint density at radius 3 is 2.65 bits per heavy atom. The number of rotatable bonds is 2. The number of hydrogen-bond acceptors (Lipinski definition) is 2. The van der Waals surface area contributed by atoms with Crippen LogP contribution in [0.2, 0.25) is 0 Å². The third-order valence-electron chi connectivity index (χ3n) is 3.37. The van der Waals surface area contributed by atoms with Gasteiger partial charge in [0.2, 0.25) is 0 Å². The predicted octanol–water partition coefficient (Wildman–Crippen LogP) is 3.32. The van der Waals surface area contributed by atoms with Crippen LogP contribution in [0.3, 0.4) is 0 Å². The number of halogens is 2. The summed E-state index contributed by atoms with van der Waals surface area (Å²) in [6.45, 7) is 0.431. The molecule has 1 N–H and O–H groups in total. The molecule has 0 amide bonds. The van der Waals surface area contributed by atoms with Gasteiger partial charge in [0.25, 0.3) is 0 Å². The number of nitrogens with one attached hydrogen (secondary N) is 1. The summed E-state index contributed by atoms with van der Waals surface area (Å²) < 4.78 is 31.8. The molecule has 0 saturated heterocycles. The molecular weight excluding hydrogens is 262 g/mol. The van der Waals surface area contributed by atoms with Crippen LogP contribution in [0.5, 0.6) is 5.75 Å². The third-order valence-corrected chi connectivity index (χ3v) is 3.37. The smallest absolute Gasteiger partial charge is 0.167 e. The quantitative estimate of drug-likeness (QED) is 0.912. The van der Waals surface area contributed by atoms with Crippen LogP contribution in [-0.4, -0.2) is 12.9 Å². The second-order valence-corrected chi connectivity index (χ2v) is 4.56. The van der Waals surface area contributed by atoms with Crippen molar-refractivity contribution in [1.29, 1.82) is 5.41 Å². The van der Waals surface area contributed by atoms with Crippen LogP contribution < -0.4 is 9.64 Å². The second-order valence-electron chi connectivity index (χ2n) is 4.56. The highest BCUT2D eigenvalue weighted by atomic mass is 19.1. The van der Waals surface area contributed by atoms with Gasteiger partial charge in [-0.15, -0.1) is 0 Å². The van der Waals surface area contributed by atoms with Gasteiger partial charge in [0.05, 0.1) is 13.7 Å². The summed E-state index contributed by atoms with van der Waals surface area (Å²) in [6.07, 6.45) is 0. The minimum atomic E-state index is -0.486. The van der Waals surface area contributed by atoms with Crippen LogP contribution in [0.1, 0.15) is 11.1 Å². The molecule has 1 aliphatic heterocycles. The zero-order chi connectivity index (χ0) is 14.3. The van der Waals surface area contributed by atoms with E-state index in [1.807, 2.05) is 0 Å². The molecule has 3 nitrogen and oxygen atoms in total. The zero-order valence-corrected chi connectivity index (χ0v) is 10.8. The molecule has 0 radical (unpaired) electrons. The Morgan fingerprint density at radius 1 is 1.15 bits per heavy atom. The molecule has 0 saturated carbocycles. The van der Waals surface area contributed by atoms with Crippen LogP contribution in [0.15, 0.2) is 36.4 Å². The number of anilines is 1. The van der Waals surface area contributed by atoms with Crippen molar-refractivity contribution in [3.8, 4) is 5.75 Å². The molecule has 0 atom stereocenters. The van der Waals surface area contributed by atoms with Crippen LogP contribution in [-0.2, 0) is 6.54 Å². The lowest BCUT2D eigenvalue weighted by molar-refractivity contribution is 0.386. The van der Waals surface area contributed by atoms with E-state index in [0.29, 0.717) is 17.8 Å². The SMILES string of the molecule is COc1ccc(N2Cc3ccc(F)cc3C2=N)cc1F. The highest BCUT2D eigenvalue weighted by molar-refractivity contribution is 6.11. The number of fused-ring (bicyclic) bond motifs is 1. The Hall–Kier alpha value is -2.43. The molecule has 0 spiro atoms. The summed E-state index contributed by atoms with van der Waals surface area (Å²) in [4.78, 5) is 1.63. The Labute approximate surface area is 114 Å². The number of benzene rings is 2. The molecule has 0 unspecified atom stereocenters. The topological polar surface area (TPSA) is 36.3 Å². The van der Waals surface area contributed by atoms with Crippen molar-refractivity contribution in [3.05, 3.63) is 59.2 Å². The molecule has 2 aromatic rings. The van der Waals surface area contributed by atoms with E-state index in [9.17, 15) is 8.78 Å². The molecule has 0 aromatic heterocycles. The van der Waals surface area contributed by atoms with Gasteiger partial charge in [0, 0.05) is 17.3 Å². The van der Waals surface area contributed by atoms with Crippen molar-refractivity contribution >= 4 is 11.5 Å². The Morgan fingerprint density at radius 2 is 1.95 bits per heavy atom. The van der Waals surface area contributed by atoms with E-state index in [4.69, 9.17) is 10.1 Å². The minimum Gasteiger partial charge on any atom is -0.494 e. The van der Waals surface area contributed by atoms with E-state index < -0.39 is 5.82 Å². The first kappa shape index (κ1) is 12.6. The van der Waals surface area contributed by atoms with Gasteiger partial charge in [0.1, 0.15) is 11.7 Å². The third kappa shape index (κ3) is 1.91. The zero-order valence-electron chi connectivity index (χ0n) is 10.8. The molecule has 102 valence electrons. The van der Waals surface area contributed by atoms with E-state index in [-0.39, 0.29) is 17.4 Å². The number of amidine groups is 1. The predicted molar refractivity (Wildman–Crippen MR) is 72.4 cm³/mol. The van der Waals surface area contributed by atoms with Gasteiger partial charge < -0.3 is 9.64 Å². The lowest BCUT2D eigenvalue weighted by Gasteiger charge is -2.18. The monoisotopic (exact) mass is 274 g/mol. The maximum Gasteiger partial charge on any atom is 0.167 e. The summed E-state index contributed by atoms with van der Waals surface area (Å²) >= 11 is 0. The summed E-state index contributed by atoms with van der Waals surface area (Å²) in [5, 5.41) is 8.10. The number of methoxy groups -OCH3 is 1. The van der Waals surface area contributed by atoms with Crippen LogP contribution in [0.25, 0.3) is 0 Å². The van der Waals surface area contributed by atoms with E-state index >= 15 is 0 Å². The fraction of sp³-hybridized carbons (Fsp3) is 0.133. The van der Waals surface area contributed by atoms with Crippen LogP contribution >= 0.6 is 0 Å². The van der Waals surface area contributed by atoms with Gasteiger partial charge in [-0.25, -0.2) is 8.78 Å². The Kier molecular flexibility index (Phi) is 2.89. The fourth-order valence-electron chi connectivity index (χ4n) is 2.35. The largest absolute Gasteiger partial charge is 0.494 e. The molecule has 3 rings (SSSR count). The van der Waals surface area contributed by atoms with Crippen LogP contribution in [0.4, 0.5) is 14.5 Å². The molecular formula is C15H12F2N2O. The van der Waals surface area contributed by atoms with Crippen molar-refractivity contribution in [2.45, 2.75) is 6.54 Å². The maximum atomic E-state index is 13.7.